The van der Waals surface area contributed by atoms with Crippen LogP contribution < -0.4 is 15.5 Å². The van der Waals surface area contributed by atoms with E-state index >= 15 is 0 Å². The van der Waals surface area contributed by atoms with Crippen molar-refractivity contribution in [1.82, 2.24) is 10.2 Å². The zero-order valence-electron chi connectivity index (χ0n) is 18.1. The number of benzene rings is 2. The molecule has 0 aliphatic carbocycles. The second-order valence-corrected chi connectivity index (χ2v) is 8.15. The Hall–Kier alpha value is -3.68. The summed E-state index contributed by atoms with van der Waals surface area (Å²) >= 11 is 0. The number of anilines is 2. The lowest BCUT2D eigenvalue weighted by Crippen LogP contribution is -2.38. The van der Waals surface area contributed by atoms with E-state index in [4.69, 9.17) is 0 Å². The van der Waals surface area contributed by atoms with Crippen LogP contribution in [0.2, 0.25) is 0 Å². The molecular formula is C24H25FN4O3. The summed E-state index contributed by atoms with van der Waals surface area (Å²) in [6, 6.07) is 9.64. The summed E-state index contributed by atoms with van der Waals surface area (Å²) in [6.07, 6.45) is 3.53. The van der Waals surface area contributed by atoms with Crippen molar-refractivity contribution in [2.24, 2.45) is 0 Å². The first-order valence-electron chi connectivity index (χ1n) is 10.6. The molecule has 2 aliphatic rings. The number of nitrogens with one attached hydrogen (secondary N) is 2. The average molecular weight is 436 g/mol. The minimum absolute atomic E-state index is 0.00885. The van der Waals surface area contributed by atoms with E-state index in [1.54, 1.807) is 18.2 Å². The van der Waals surface area contributed by atoms with Gasteiger partial charge in [-0.3, -0.25) is 9.59 Å². The van der Waals surface area contributed by atoms with Crippen LogP contribution in [0.4, 0.5) is 20.6 Å². The Morgan fingerprint density at radius 1 is 1.12 bits per heavy atom. The Kier molecular flexibility index (Phi) is 5.94. The molecule has 0 spiro atoms. The van der Waals surface area contributed by atoms with Crippen molar-refractivity contribution >= 4 is 35.3 Å². The summed E-state index contributed by atoms with van der Waals surface area (Å²) in [4.78, 5) is 40.2. The monoisotopic (exact) mass is 436 g/mol. The van der Waals surface area contributed by atoms with Crippen molar-refractivity contribution in [3.8, 4) is 0 Å². The minimum atomic E-state index is -0.688. The fraction of sp³-hybridized carbons (Fsp3) is 0.292. The number of carbonyl (C=O) groups is 3. The largest absolute Gasteiger partial charge is 0.369 e. The average Bonchev–Trinajstić information content (AvgIpc) is 3.37. The Labute approximate surface area is 185 Å². The van der Waals surface area contributed by atoms with E-state index in [1.807, 2.05) is 30.9 Å². The topological polar surface area (TPSA) is 81.8 Å². The van der Waals surface area contributed by atoms with Crippen molar-refractivity contribution in [3.63, 3.8) is 0 Å². The first-order valence-corrected chi connectivity index (χ1v) is 10.6. The summed E-state index contributed by atoms with van der Waals surface area (Å²) in [5, 5.41) is 5.15. The van der Waals surface area contributed by atoms with Gasteiger partial charge in [-0.25, -0.2) is 14.1 Å². The number of rotatable bonds is 5. The highest BCUT2D eigenvalue weighted by Crippen LogP contribution is 2.28. The third-order valence-corrected chi connectivity index (χ3v) is 5.68. The maximum Gasteiger partial charge on any atom is 0.329 e. The van der Waals surface area contributed by atoms with Crippen molar-refractivity contribution in [2.75, 3.05) is 29.9 Å². The van der Waals surface area contributed by atoms with Gasteiger partial charge >= 0.3 is 6.03 Å². The third kappa shape index (κ3) is 4.49. The van der Waals surface area contributed by atoms with Gasteiger partial charge in [0.1, 0.15) is 18.1 Å². The molecule has 2 saturated heterocycles. The van der Waals surface area contributed by atoms with Gasteiger partial charge in [0, 0.05) is 18.8 Å². The van der Waals surface area contributed by atoms with Crippen LogP contribution in [-0.2, 0) is 9.59 Å². The quantitative estimate of drug-likeness (QED) is 0.555. The van der Waals surface area contributed by atoms with Crippen molar-refractivity contribution in [1.29, 1.82) is 0 Å². The second-order valence-electron chi connectivity index (χ2n) is 8.15. The van der Waals surface area contributed by atoms with Gasteiger partial charge in [0.05, 0.1) is 5.69 Å². The molecule has 7 nitrogen and oxygen atoms in total. The molecule has 2 N–H and O–H groups in total. The minimum Gasteiger partial charge on any atom is -0.369 e. The molecule has 0 radical (unpaired) electrons. The highest BCUT2D eigenvalue weighted by molar-refractivity contribution is 6.16. The van der Waals surface area contributed by atoms with E-state index in [0.29, 0.717) is 16.9 Å². The lowest BCUT2D eigenvalue weighted by atomic mass is 10.1. The van der Waals surface area contributed by atoms with Gasteiger partial charge in [0.25, 0.3) is 5.91 Å². The van der Waals surface area contributed by atoms with E-state index < -0.39 is 24.4 Å². The number of aryl methyl sites for hydroxylation is 2. The van der Waals surface area contributed by atoms with E-state index in [2.05, 4.69) is 10.6 Å². The molecule has 4 rings (SSSR count). The highest BCUT2D eigenvalue weighted by Gasteiger charge is 2.35. The molecule has 4 amide bonds. The smallest absolute Gasteiger partial charge is 0.329 e. The Morgan fingerprint density at radius 2 is 1.81 bits per heavy atom. The van der Waals surface area contributed by atoms with Crippen molar-refractivity contribution in [2.45, 2.75) is 26.7 Å². The number of nitrogens with zero attached hydrogens (tertiary/aromatic N) is 2. The van der Waals surface area contributed by atoms with Crippen LogP contribution in [-0.4, -0.2) is 42.4 Å². The molecular weight excluding hydrogens is 411 g/mol. The predicted molar refractivity (Wildman–Crippen MR) is 121 cm³/mol. The Bertz CT molecular complexity index is 1100. The van der Waals surface area contributed by atoms with Crippen LogP contribution in [0.5, 0.6) is 0 Å². The number of carbonyl (C=O) groups excluding carboxylic acids is 3. The maximum absolute atomic E-state index is 14.7. The van der Waals surface area contributed by atoms with Gasteiger partial charge in [-0.1, -0.05) is 17.7 Å². The SMILES string of the molecule is Cc1ccc(NC(=O)CN2C(=O)N/C(=C\c3cc(F)c(N4CCCC4)cc3C)C2=O)cc1. The van der Waals surface area contributed by atoms with Crippen LogP contribution in [0.1, 0.15) is 29.5 Å². The normalized spacial score (nSPS) is 17.3. The molecule has 0 bridgehead atoms. The molecule has 166 valence electrons. The van der Waals surface area contributed by atoms with Gasteiger partial charge in [-0.2, -0.15) is 0 Å². The summed E-state index contributed by atoms with van der Waals surface area (Å²) in [7, 11) is 0. The summed E-state index contributed by atoms with van der Waals surface area (Å²) < 4.78 is 14.7. The van der Waals surface area contributed by atoms with Crippen LogP contribution in [0.3, 0.4) is 0 Å². The maximum atomic E-state index is 14.7. The van der Waals surface area contributed by atoms with E-state index in [0.717, 1.165) is 42.0 Å². The first kappa shape index (κ1) is 21.5. The number of hydrogen-bond acceptors (Lipinski definition) is 4. The number of amides is 4. The molecule has 2 aliphatic heterocycles. The number of urea groups is 1. The van der Waals surface area contributed by atoms with Gasteiger partial charge in [-0.05, 0) is 68.2 Å². The van der Waals surface area contributed by atoms with Crippen LogP contribution >= 0.6 is 0 Å². The summed E-state index contributed by atoms with van der Waals surface area (Å²) in [5.74, 6) is -1.48. The molecule has 32 heavy (non-hydrogen) atoms. The van der Waals surface area contributed by atoms with Crippen LogP contribution in [0, 0.1) is 19.7 Å². The molecule has 2 fully saturated rings. The van der Waals surface area contributed by atoms with Crippen LogP contribution in [0.25, 0.3) is 6.08 Å². The fourth-order valence-electron chi connectivity index (χ4n) is 3.89. The Morgan fingerprint density at radius 3 is 2.50 bits per heavy atom. The number of halogens is 1. The molecule has 0 unspecified atom stereocenters. The summed E-state index contributed by atoms with van der Waals surface area (Å²) in [5.41, 5.74) is 3.48. The molecule has 0 aromatic heterocycles. The zero-order valence-corrected chi connectivity index (χ0v) is 18.1. The highest BCUT2D eigenvalue weighted by atomic mass is 19.1. The van der Waals surface area contributed by atoms with Gasteiger partial charge in [-0.15, -0.1) is 0 Å². The molecule has 8 heteroatoms. The van der Waals surface area contributed by atoms with Crippen LogP contribution in [0.15, 0.2) is 42.1 Å². The molecule has 2 aromatic carbocycles. The van der Waals surface area contributed by atoms with E-state index in [9.17, 15) is 18.8 Å². The standard InChI is InChI=1S/C24H25FN4O3/c1-15-5-7-18(8-6-15)26-22(30)14-29-23(31)20(27-24(29)32)13-17-12-19(25)21(11-16(17)2)28-9-3-4-10-28/h5-8,11-13H,3-4,9-10,14H2,1-2H3,(H,26,30)(H,27,32)/b20-13-. The Balaban J connectivity index is 1.47. The fourth-order valence-corrected chi connectivity index (χ4v) is 3.89. The summed E-state index contributed by atoms with van der Waals surface area (Å²) in [6.45, 7) is 4.99. The lowest BCUT2D eigenvalue weighted by Gasteiger charge is -2.19. The van der Waals surface area contributed by atoms with E-state index in [1.165, 1.54) is 12.1 Å². The zero-order chi connectivity index (χ0) is 22.8. The number of hydrogen-bond donors (Lipinski definition) is 2. The number of imide groups is 1. The molecule has 0 atom stereocenters. The molecule has 2 heterocycles. The molecule has 0 saturated carbocycles. The first-order chi connectivity index (χ1) is 15.3. The van der Waals surface area contributed by atoms with Crippen molar-refractivity contribution < 1.29 is 18.8 Å². The van der Waals surface area contributed by atoms with Crippen molar-refractivity contribution in [3.05, 3.63) is 64.6 Å². The lowest BCUT2D eigenvalue weighted by molar-refractivity contribution is -0.127. The predicted octanol–water partition coefficient (Wildman–Crippen LogP) is 3.57. The third-order valence-electron chi connectivity index (χ3n) is 5.68. The van der Waals surface area contributed by atoms with E-state index in [-0.39, 0.29) is 11.5 Å². The van der Waals surface area contributed by atoms with Gasteiger partial charge < -0.3 is 15.5 Å². The second kappa shape index (κ2) is 8.82. The molecule has 2 aromatic rings. The van der Waals surface area contributed by atoms with Gasteiger partial charge in [0.15, 0.2) is 0 Å². The van der Waals surface area contributed by atoms with Gasteiger partial charge in [0.2, 0.25) is 5.91 Å².